The van der Waals surface area contributed by atoms with Gasteiger partial charge in [-0.15, -0.1) is 0 Å². The minimum absolute atomic E-state index is 0.783. The highest BCUT2D eigenvalue weighted by Crippen LogP contribution is 2.26. The van der Waals surface area contributed by atoms with Gasteiger partial charge in [0, 0.05) is 13.2 Å². The second-order valence-corrected chi connectivity index (χ2v) is 3.96. The molecule has 1 heterocycles. The van der Waals surface area contributed by atoms with Crippen LogP contribution in [0.4, 0.5) is 17.1 Å². The van der Waals surface area contributed by atoms with E-state index in [-0.39, 0.29) is 0 Å². The van der Waals surface area contributed by atoms with Gasteiger partial charge in [0.1, 0.15) is 0 Å². The van der Waals surface area contributed by atoms with Crippen molar-refractivity contribution in [1.29, 1.82) is 0 Å². The Labute approximate surface area is 95.1 Å². The van der Waals surface area contributed by atoms with Crippen LogP contribution in [0.1, 0.15) is 11.3 Å². The van der Waals surface area contributed by atoms with Gasteiger partial charge >= 0.3 is 0 Å². The van der Waals surface area contributed by atoms with E-state index in [9.17, 15) is 0 Å². The topological polar surface area (TPSA) is 55.9 Å². The summed E-state index contributed by atoms with van der Waals surface area (Å²) < 4.78 is 1.78. The summed E-state index contributed by atoms with van der Waals surface area (Å²) in [5, 5.41) is 7.57. The first kappa shape index (κ1) is 10.5. The Balaban J connectivity index is 2.34. The van der Waals surface area contributed by atoms with Crippen LogP contribution >= 0.6 is 0 Å². The SMILES string of the molecule is Cc1cccc(Nc2cn(C)nc2C)c1N. The predicted molar refractivity (Wildman–Crippen MR) is 66.8 cm³/mol. The second-order valence-electron chi connectivity index (χ2n) is 3.96. The van der Waals surface area contributed by atoms with Crippen molar-refractivity contribution in [3.8, 4) is 0 Å². The van der Waals surface area contributed by atoms with Crippen molar-refractivity contribution < 1.29 is 0 Å². The van der Waals surface area contributed by atoms with Crippen LogP contribution in [-0.2, 0) is 7.05 Å². The van der Waals surface area contributed by atoms with Gasteiger partial charge in [0.15, 0.2) is 0 Å². The largest absolute Gasteiger partial charge is 0.397 e. The Morgan fingerprint density at radius 2 is 2.00 bits per heavy atom. The highest BCUT2D eigenvalue weighted by molar-refractivity contribution is 5.75. The summed E-state index contributed by atoms with van der Waals surface area (Å²) in [4.78, 5) is 0. The Bertz CT molecular complexity index is 514. The smallest absolute Gasteiger partial charge is 0.0828 e. The average molecular weight is 216 g/mol. The lowest BCUT2D eigenvalue weighted by atomic mass is 10.1. The first-order valence-corrected chi connectivity index (χ1v) is 5.20. The molecule has 0 amide bonds. The summed E-state index contributed by atoms with van der Waals surface area (Å²) in [6.45, 7) is 3.96. The highest BCUT2D eigenvalue weighted by Gasteiger charge is 2.06. The summed E-state index contributed by atoms with van der Waals surface area (Å²) >= 11 is 0. The van der Waals surface area contributed by atoms with Gasteiger partial charge < -0.3 is 11.1 Å². The molecule has 4 nitrogen and oxygen atoms in total. The van der Waals surface area contributed by atoms with Crippen LogP contribution < -0.4 is 11.1 Å². The molecule has 2 rings (SSSR count). The molecule has 0 saturated carbocycles. The Morgan fingerprint density at radius 1 is 1.25 bits per heavy atom. The quantitative estimate of drug-likeness (QED) is 0.758. The molecule has 0 atom stereocenters. The van der Waals surface area contributed by atoms with Gasteiger partial charge in [0.25, 0.3) is 0 Å². The molecular formula is C12H16N4. The van der Waals surface area contributed by atoms with E-state index in [4.69, 9.17) is 5.73 Å². The zero-order valence-electron chi connectivity index (χ0n) is 9.78. The van der Waals surface area contributed by atoms with Gasteiger partial charge in [-0.25, -0.2) is 0 Å². The van der Waals surface area contributed by atoms with E-state index >= 15 is 0 Å². The molecule has 3 N–H and O–H groups in total. The molecule has 0 spiro atoms. The first-order chi connectivity index (χ1) is 7.58. The van der Waals surface area contributed by atoms with Gasteiger partial charge in [-0.2, -0.15) is 5.10 Å². The Kier molecular flexibility index (Phi) is 2.56. The molecule has 1 aromatic carbocycles. The number of nitrogens with one attached hydrogen (secondary N) is 1. The highest BCUT2D eigenvalue weighted by atomic mass is 15.3. The maximum absolute atomic E-state index is 6.00. The summed E-state index contributed by atoms with van der Waals surface area (Å²) in [7, 11) is 1.90. The molecule has 0 bridgehead atoms. The van der Waals surface area contributed by atoms with E-state index in [0.717, 1.165) is 28.3 Å². The van der Waals surface area contributed by atoms with Gasteiger partial charge in [0.05, 0.1) is 22.8 Å². The maximum atomic E-state index is 6.00. The van der Waals surface area contributed by atoms with Gasteiger partial charge in [-0.3, -0.25) is 4.68 Å². The third-order valence-electron chi connectivity index (χ3n) is 2.61. The van der Waals surface area contributed by atoms with Crippen LogP contribution in [-0.4, -0.2) is 9.78 Å². The normalized spacial score (nSPS) is 10.4. The number of rotatable bonds is 2. The lowest BCUT2D eigenvalue weighted by Crippen LogP contribution is -1.98. The monoisotopic (exact) mass is 216 g/mol. The fourth-order valence-electron chi connectivity index (χ4n) is 1.66. The Hall–Kier alpha value is -1.97. The van der Waals surface area contributed by atoms with Gasteiger partial charge in [0.2, 0.25) is 0 Å². The summed E-state index contributed by atoms with van der Waals surface area (Å²) in [6, 6.07) is 5.95. The maximum Gasteiger partial charge on any atom is 0.0828 e. The van der Waals surface area contributed by atoms with Crippen LogP contribution in [0.5, 0.6) is 0 Å². The van der Waals surface area contributed by atoms with Crippen molar-refractivity contribution in [1.82, 2.24) is 9.78 Å². The second kappa shape index (κ2) is 3.89. The number of aromatic nitrogens is 2. The van der Waals surface area contributed by atoms with Crippen molar-refractivity contribution >= 4 is 17.1 Å². The molecule has 0 radical (unpaired) electrons. The van der Waals surface area contributed by atoms with E-state index in [2.05, 4.69) is 10.4 Å². The number of benzene rings is 1. The molecule has 4 heteroatoms. The van der Waals surface area contributed by atoms with E-state index in [1.165, 1.54) is 0 Å². The molecule has 0 aliphatic rings. The lowest BCUT2D eigenvalue weighted by molar-refractivity contribution is 0.756. The number of hydrogen-bond donors (Lipinski definition) is 2. The molecular weight excluding hydrogens is 200 g/mol. The van der Waals surface area contributed by atoms with Crippen LogP contribution in [0.15, 0.2) is 24.4 Å². The van der Waals surface area contributed by atoms with E-state index < -0.39 is 0 Å². The third-order valence-corrected chi connectivity index (χ3v) is 2.61. The fourth-order valence-corrected chi connectivity index (χ4v) is 1.66. The lowest BCUT2D eigenvalue weighted by Gasteiger charge is -2.09. The van der Waals surface area contributed by atoms with Crippen LogP contribution in [0, 0.1) is 13.8 Å². The molecule has 16 heavy (non-hydrogen) atoms. The zero-order valence-corrected chi connectivity index (χ0v) is 9.78. The molecule has 0 saturated heterocycles. The molecule has 1 aromatic heterocycles. The van der Waals surface area contributed by atoms with E-state index in [1.54, 1.807) is 4.68 Å². The van der Waals surface area contributed by atoms with E-state index in [0.29, 0.717) is 0 Å². The molecule has 2 aromatic rings. The molecule has 0 unspecified atom stereocenters. The molecule has 84 valence electrons. The summed E-state index contributed by atoms with van der Waals surface area (Å²) in [6.07, 6.45) is 1.94. The van der Waals surface area contributed by atoms with Crippen molar-refractivity contribution in [2.24, 2.45) is 7.05 Å². The number of aryl methyl sites for hydroxylation is 3. The molecule has 0 aliphatic carbocycles. The van der Waals surface area contributed by atoms with Crippen LogP contribution in [0.25, 0.3) is 0 Å². The van der Waals surface area contributed by atoms with Crippen LogP contribution in [0.3, 0.4) is 0 Å². The van der Waals surface area contributed by atoms with Gasteiger partial charge in [-0.05, 0) is 25.5 Å². The number of para-hydroxylation sites is 1. The van der Waals surface area contributed by atoms with Gasteiger partial charge in [-0.1, -0.05) is 12.1 Å². The van der Waals surface area contributed by atoms with E-state index in [1.807, 2.05) is 45.3 Å². The average Bonchev–Trinajstić information content (AvgIpc) is 2.53. The number of nitrogen functional groups attached to an aromatic ring is 1. The number of hydrogen-bond acceptors (Lipinski definition) is 3. The number of nitrogens with two attached hydrogens (primary N) is 1. The van der Waals surface area contributed by atoms with Crippen molar-refractivity contribution in [3.63, 3.8) is 0 Å². The minimum atomic E-state index is 0.783. The number of nitrogens with zero attached hydrogens (tertiary/aromatic N) is 2. The predicted octanol–water partition coefficient (Wildman–Crippen LogP) is 2.36. The van der Waals surface area contributed by atoms with Crippen molar-refractivity contribution in [2.75, 3.05) is 11.1 Å². The third kappa shape index (κ3) is 1.86. The van der Waals surface area contributed by atoms with Crippen molar-refractivity contribution in [3.05, 3.63) is 35.7 Å². The first-order valence-electron chi connectivity index (χ1n) is 5.20. The summed E-state index contributed by atoms with van der Waals surface area (Å²) in [5.74, 6) is 0. The molecule has 0 aliphatic heterocycles. The zero-order chi connectivity index (χ0) is 11.7. The standard InChI is InChI=1S/C12H16N4/c1-8-5-4-6-10(12(8)13)14-11-7-16(3)15-9(11)2/h4-7,14H,13H2,1-3H3. The minimum Gasteiger partial charge on any atom is -0.397 e. The molecule has 0 fully saturated rings. The fraction of sp³-hybridized carbons (Fsp3) is 0.250. The Morgan fingerprint density at radius 3 is 2.62 bits per heavy atom. The number of anilines is 3. The van der Waals surface area contributed by atoms with Crippen molar-refractivity contribution in [2.45, 2.75) is 13.8 Å². The summed E-state index contributed by atoms with van der Waals surface area (Å²) in [5.41, 5.74) is 10.7. The van der Waals surface area contributed by atoms with Crippen LogP contribution in [0.2, 0.25) is 0 Å².